The van der Waals surface area contributed by atoms with Crippen molar-refractivity contribution >= 4 is 61.4 Å². The summed E-state index contributed by atoms with van der Waals surface area (Å²) >= 11 is 8.78. The molecule has 1 heterocycles. The third kappa shape index (κ3) is 5.39. The molecule has 0 saturated heterocycles. The number of carbonyl (C=O) groups is 1. The lowest BCUT2D eigenvalue weighted by Crippen LogP contribution is -2.17. The largest absolute Gasteiger partial charge is 0.296 e. The predicted octanol–water partition coefficient (Wildman–Crippen LogP) is 4.83. The first-order chi connectivity index (χ1) is 14.3. The monoisotopic (exact) mass is 480 g/mol. The van der Waals surface area contributed by atoms with Crippen molar-refractivity contribution in [2.24, 2.45) is 0 Å². The van der Waals surface area contributed by atoms with Crippen LogP contribution in [0.4, 0.5) is 10.8 Å². The molecular formula is C19H17ClN4O3S3. The lowest BCUT2D eigenvalue weighted by atomic mass is 10.2. The Bertz CT molecular complexity index is 1200. The number of benzene rings is 2. The van der Waals surface area contributed by atoms with Gasteiger partial charge < -0.3 is 0 Å². The number of nitrogens with one attached hydrogen (secondary N) is 2. The number of anilines is 2. The van der Waals surface area contributed by atoms with Crippen molar-refractivity contribution in [2.75, 3.05) is 15.8 Å². The van der Waals surface area contributed by atoms with Crippen LogP contribution in [0.3, 0.4) is 0 Å². The zero-order valence-electron chi connectivity index (χ0n) is 15.8. The number of amides is 1. The topological polar surface area (TPSA) is 101 Å². The average Bonchev–Trinajstić information content (AvgIpc) is 3.15. The number of halogens is 1. The molecule has 0 unspecified atom stereocenters. The molecule has 3 rings (SSSR count). The molecule has 0 radical (unpaired) electrons. The van der Waals surface area contributed by atoms with Crippen molar-refractivity contribution in [1.82, 2.24) is 10.2 Å². The van der Waals surface area contributed by atoms with Crippen LogP contribution in [0.1, 0.15) is 15.9 Å². The molecule has 0 aliphatic carbocycles. The van der Waals surface area contributed by atoms with Crippen LogP contribution in [0, 0.1) is 6.92 Å². The van der Waals surface area contributed by atoms with Crippen molar-refractivity contribution in [3.05, 3.63) is 71.3 Å². The third-order valence-corrected chi connectivity index (χ3v) is 7.64. The molecule has 1 amide bonds. The Balaban J connectivity index is 1.82. The molecule has 3 aromatic rings. The Morgan fingerprint density at radius 3 is 2.77 bits per heavy atom. The van der Waals surface area contributed by atoms with E-state index in [2.05, 4.69) is 26.8 Å². The number of rotatable bonds is 8. The van der Waals surface area contributed by atoms with E-state index in [1.807, 2.05) is 0 Å². The maximum Gasteiger partial charge on any atom is 0.263 e. The molecule has 0 bridgehead atoms. The van der Waals surface area contributed by atoms with Gasteiger partial charge in [0, 0.05) is 11.3 Å². The minimum absolute atomic E-state index is 0.00617. The summed E-state index contributed by atoms with van der Waals surface area (Å²) in [5, 5.41) is 10.8. The molecule has 0 saturated carbocycles. The van der Waals surface area contributed by atoms with Gasteiger partial charge in [-0.2, -0.15) is 0 Å². The SMILES string of the molecule is C=CCSc1nnc(NC(=O)c2ccc(Cl)c(S(=O)(=O)Nc3ccccc3C)c2)s1. The van der Waals surface area contributed by atoms with E-state index < -0.39 is 15.9 Å². The smallest absolute Gasteiger partial charge is 0.263 e. The molecule has 7 nitrogen and oxygen atoms in total. The summed E-state index contributed by atoms with van der Waals surface area (Å²) < 4.78 is 28.9. The third-order valence-electron chi connectivity index (χ3n) is 3.82. The maximum absolute atomic E-state index is 12.9. The number of aryl methyl sites for hydroxylation is 1. The molecule has 0 atom stereocenters. The Kier molecular flexibility index (Phi) is 7.14. The van der Waals surface area contributed by atoms with Gasteiger partial charge in [0.05, 0.1) is 10.7 Å². The fourth-order valence-corrected chi connectivity index (χ4v) is 5.52. The highest BCUT2D eigenvalue weighted by atomic mass is 35.5. The van der Waals surface area contributed by atoms with E-state index in [9.17, 15) is 13.2 Å². The van der Waals surface area contributed by atoms with Crippen LogP contribution >= 0.6 is 34.7 Å². The van der Waals surface area contributed by atoms with Crippen LogP contribution in [0.15, 0.2) is 64.4 Å². The molecule has 11 heteroatoms. The molecule has 2 aromatic carbocycles. The number of hydrogen-bond acceptors (Lipinski definition) is 7. The number of hydrogen-bond donors (Lipinski definition) is 2. The molecule has 30 heavy (non-hydrogen) atoms. The van der Waals surface area contributed by atoms with Gasteiger partial charge in [0.25, 0.3) is 15.9 Å². The predicted molar refractivity (Wildman–Crippen MR) is 122 cm³/mol. The molecular weight excluding hydrogens is 464 g/mol. The Morgan fingerprint density at radius 2 is 2.03 bits per heavy atom. The summed E-state index contributed by atoms with van der Waals surface area (Å²) in [5.74, 6) is 0.157. The zero-order chi connectivity index (χ0) is 21.7. The Labute approximate surface area is 187 Å². The van der Waals surface area contributed by atoms with E-state index in [0.29, 0.717) is 20.9 Å². The molecule has 2 N–H and O–H groups in total. The van der Waals surface area contributed by atoms with E-state index in [4.69, 9.17) is 11.6 Å². The van der Waals surface area contributed by atoms with E-state index in [0.717, 1.165) is 5.56 Å². The summed E-state index contributed by atoms with van der Waals surface area (Å²) in [6, 6.07) is 11.0. The first kappa shape index (κ1) is 22.3. The number of aromatic nitrogens is 2. The van der Waals surface area contributed by atoms with E-state index >= 15 is 0 Å². The van der Waals surface area contributed by atoms with Crippen LogP contribution < -0.4 is 10.0 Å². The zero-order valence-corrected chi connectivity index (χ0v) is 19.0. The van der Waals surface area contributed by atoms with Crippen LogP contribution in [0.25, 0.3) is 0 Å². The number of para-hydroxylation sites is 1. The highest BCUT2D eigenvalue weighted by Gasteiger charge is 2.21. The van der Waals surface area contributed by atoms with Crippen LogP contribution in [0.5, 0.6) is 0 Å². The number of carbonyl (C=O) groups excluding carboxylic acids is 1. The fraction of sp³-hybridized carbons (Fsp3) is 0.105. The first-order valence-corrected chi connectivity index (χ1v) is 12.2. The summed E-state index contributed by atoms with van der Waals surface area (Å²) in [6.45, 7) is 5.42. The second kappa shape index (κ2) is 9.61. The van der Waals surface area contributed by atoms with Crippen molar-refractivity contribution in [1.29, 1.82) is 0 Å². The summed E-state index contributed by atoms with van der Waals surface area (Å²) in [6.07, 6.45) is 1.74. The second-order valence-corrected chi connectivity index (χ2v) is 10.3. The fourth-order valence-electron chi connectivity index (χ4n) is 2.36. The van der Waals surface area contributed by atoms with Gasteiger partial charge in [0.1, 0.15) is 4.90 Å². The summed E-state index contributed by atoms with van der Waals surface area (Å²) in [5.41, 5.74) is 1.31. The minimum atomic E-state index is -4.00. The van der Waals surface area contributed by atoms with Crippen molar-refractivity contribution in [3.63, 3.8) is 0 Å². The lowest BCUT2D eigenvalue weighted by Gasteiger charge is -2.12. The lowest BCUT2D eigenvalue weighted by molar-refractivity contribution is 0.102. The van der Waals surface area contributed by atoms with Crippen molar-refractivity contribution < 1.29 is 13.2 Å². The highest BCUT2D eigenvalue weighted by molar-refractivity contribution is 8.01. The summed E-state index contributed by atoms with van der Waals surface area (Å²) in [7, 11) is -4.00. The van der Waals surface area contributed by atoms with E-state index in [1.54, 1.807) is 37.3 Å². The van der Waals surface area contributed by atoms with Crippen LogP contribution in [0.2, 0.25) is 5.02 Å². The highest BCUT2D eigenvalue weighted by Crippen LogP contribution is 2.28. The number of nitrogens with zero attached hydrogens (tertiary/aromatic N) is 2. The normalized spacial score (nSPS) is 11.1. The molecule has 156 valence electrons. The van der Waals surface area contributed by atoms with Gasteiger partial charge in [-0.25, -0.2) is 8.42 Å². The molecule has 1 aromatic heterocycles. The van der Waals surface area contributed by atoms with E-state index in [1.165, 1.54) is 41.3 Å². The van der Waals surface area contributed by atoms with Gasteiger partial charge in [-0.15, -0.1) is 16.8 Å². The summed E-state index contributed by atoms with van der Waals surface area (Å²) in [4.78, 5) is 12.4. The molecule has 0 aliphatic heterocycles. The minimum Gasteiger partial charge on any atom is -0.296 e. The van der Waals surface area contributed by atoms with Gasteiger partial charge in [-0.05, 0) is 36.8 Å². The van der Waals surface area contributed by atoms with Gasteiger partial charge in [0.15, 0.2) is 4.34 Å². The standard InChI is InChI=1S/C19H17ClN4O3S3/c1-3-10-28-19-23-22-18(29-19)21-17(25)13-8-9-14(20)16(11-13)30(26,27)24-15-7-5-4-6-12(15)2/h3-9,11,24H,1,10H2,2H3,(H,21,22,25). The first-order valence-electron chi connectivity index (χ1n) is 8.56. The number of sulfonamides is 1. The maximum atomic E-state index is 12.9. The quantitative estimate of drug-likeness (QED) is 0.272. The van der Waals surface area contributed by atoms with Crippen LogP contribution in [-0.2, 0) is 10.0 Å². The van der Waals surface area contributed by atoms with Gasteiger partial charge in [-0.3, -0.25) is 14.8 Å². The van der Waals surface area contributed by atoms with Gasteiger partial charge >= 0.3 is 0 Å². The van der Waals surface area contributed by atoms with Crippen molar-refractivity contribution in [2.45, 2.75) is 16.2 Å². The molecule has 0 fully saturated rings. The Morgan fingerprint density at radius 1 is 1.27 bits per heavy atom. The average molecular weight is 481 g/mol. The van der Waals surface area contributed by atoms with Gasteiger partial charge in [-0.1, -0.05) is 59.0 Å². The van der Waals surface area contributed by atoms with Gasteiger partial charge in [0.2, 0.25) is 5.13 Å². The van der Waals surface area contributed by atoms with E-state index in [-0.39, 0.29) is 15.5 Å². The van der Waals surface area contributed by atoms with Crippen molar-refractivity contribution in [3.8, 4) is 0 Å². The Hall–Kier alpha value is -2.40. The molecule has 0 spiro atoms. The second-order valence-electron chi connectivity index (χ2n) is 5.99. The molecule has 0 aliphatic rings. The van der Waals surface area contributed by atoms with Crippen LogP contribution in [-0.4, -0.2) is 30.3 Å². The number of thioether (sulfide) groups is 1.